The Morgan fingerprint density at radius 3 is 2.50 bits per heavy atom. The van der Waals surface area contributed by atoms with Gasteiger partial charge in [-0.3, -0.25) is 4.79 Å². The van der Waals surface area contributed by atoms with E-state index < -0.39 is 12.2 Å². The summed E-state index contributed by atoms with van der Waals surface area (Å²) in [6.07, 6.45) is -0.969. The number of aliphatic hydroxyl groups excluding tert-OH is 1. The number of halogens is 1. The quantitative estimate of drug-likeness (QED) is 0.646. The van der Waals surface area contributed by atoms with Crippen molar-refractivity contribution in [3.63, 3.8) is 0 Å². The van der Waals surface area contributed by atoms with Crippen molar-refractivity contribution in [1.29, 1.82) is 0 Å². The summed E-state index contributed by atoms with van der Waals surface area (Å²) in [6, 6.07) is 7.58. The third-order valence-corrected chi connectivity index (χ3v) is 3.73. The van der Waals surface area contributed by atoms with E-state index in [1.54, 1.807) is 6.92 Å². The normalized spacial score (nSPS) is 14.3. The molecule has 0 spiro atoms. The molecular weight excluding hydrogens is 343 g/mol. The van der Waals surface area contributed by atoms with Crippen molar-refractivity contribution in [1.82, 2.24) is 0 Å². The Bertz CT molecular complexity index is 404. The Hall–Kier alpha value is -0.620. The van der Waals surface area contributed by atoms with E-state index in [4.69, 9.17) is 4.74 Å². The molecule has 0 radical (unpaired) electrons. The lowest BCUT2D eigenvalue weighted by Crippen LogP contribution is -2.30. The molecule has 3 nitrogen and oxygen atoms in total. The van der Waals surface area contributed by atoms with Gasteiger partial charge in [0.05, 0.1) is 0 Å². The highest BCUT2D eigenvalue weighted by Gasteiger charge is 2.28. The van der Waals surface area contributed by atoms with E-state index in [-0.39, 0.29) is 11.9 Å². The minimum absolute atomic E-state index is 0.0616. The Kier molecular flexibility index (Phi) is 6.08. The fourth-order valence-electron chi connectivity index (χ4n) is 1.69. The number of ether oxygens (including phenoxy) is 1. The van der Waals surface area contributed by atoms with Crippen molar-refractivity contribution >= 4 is 28.6 Å². The van der Waals surface area contributed by atoms with E-state index in [2.05, 4.69) is 22.6 Å². The number of carbonyl (C=O) groups excluding carboxylic acids is 1. The molecule has 0 fully saturated rings. The summed E-state index contributed by atoms with van der Waals surface area (Å²) in [5.74, 6) is -0.217. The van der Waals surface area contributed by atoms with Crippen LogP contribution in [0.2, 0.25) is 0 Å². The third-order valence-electron chi connectivity index (χ3n) is 2.75. The van der Waals surface area contributed by atoms with Crippen LogP contribution in [0.5, 0.6) is 0 Å². The van der Waals surface area contributed by atoms with Crippen LogP contribution in [-0.2, 0) is 9.53 Å². The molecule has 0 aliphatic carbocycles. The van der Waals surface area contributed by atoms with E-state index in [1.165, 1.54) is 0 Å². The highest BCUT2D eigenvalue weighted by atomic mass is 127. The fraction of sp³-hybridized carbons (Fsp3) is 0.500. The summed E-state index contributed by atoms with van der Waals surface area (Å²) >= 11 is 2.17. The van der Waals surface area contributed by atoms with Gasteiger partial charge in [-0.05, 0) is 40.1 Å². The van der Waals surface area contributed by atoms with Gasteiger partial charge in [-0.2, -0.15) is 0 Å². The molecule has 0 unspecified atom stereocenters. The molecule has 0 bridgehead atoms. The van der Waals surface area contributed by atoms with Crippen LogP contribution in [0, 0.1) is 9.49 Å². The Labute approximate surface area is 122 Å². The van der Waals surface area contributed by atoms with Gasteiger partial charge in [-0.15, -0.1) is 0 Å². The Balaban J connectivity index is 2.93. The average Bonchev–Trinajstić information content (AvgIpc) is 2.35. The van der Waals surface area contributed by atoms with Crippen molar-refractivity contribution in [2.24, 2.45) is 5.92 Å². The molecule has 0 aromatic heterocycles. The molecule has 0 aliphatic rings. The smallest absolute Gasteiger partial charge is 0.305 e. The van der Waals surface area contributed by atoms with Gasteiger partial charge in [0.1, 0.15) is 12.2 Å². The summed E-state index contributed by atoms with van der Waals surface area (Å²) in [5, 5.41) is 10.4. The molecular formula is C14H19IO3. The van der Waals surface area contributed by atoms with Crippen LogP contribution in [0.15, 0.2) is 24.3 Å². The van der Waals surface area contributed by atoms with Gasteiger partial charge >= 0.3 is 5.97 Å². The Morgan fingerprint density at radius 2 is 2.00 bits per heavy atom. The average molecular weight is 362 g/mol. The second kappa shape index (κ2) is 7.09. The number of rotatable bonds is 5. The van der Waals surface area contributed by atoms with Crippen LogP contribution < -0.4 is 0 Å². The molecule has 18 heavy (non-hydrogen) atoms. The zero-order valence-corrected chi connectivity index (χ0v) is 13.0. The predicted molar refractivity (Wildman–Crippen MR) is 79.1 cm³/mol. The number of aliphatic hydroxyl groups is 1. The van der Waals surface area contributed by atoms with Crippen molar-refractivity contribution in [3.8, 4) is 0 Å². The lowest BCUT2D eigenvalue weighted by molar-refractivity contribution is -0.158. The second-order valence-corrected chi connectivity index (χ2v) is 5.68. The fourth-order valence-corrected chi connectivity index (χ4v) is 2.40. The molecule has 2 atom stereocenters. The third kappa shape index (κ3) is 3.95. The van der Waals surface area contributed by atoms with Gasteiger partial charge in [0.25, 0.3) is 0 Å². The van der Waals surface area contributed by atoms with Crippen molar-refractivity contribution < 1.29 is 14.6 Å². The highest BCUT2D eigenvalue weighted by Crippen LogP contribution is 2.28. The number of esters is 1. The standard InChI is InChI=1S/C14H19IO3/c1-4-12(16)18-14(9(2)3)13(17)10-7-5-6-8-11(10)15/h5-9,13-14,17H,4H2,1-3H3/t13-,14-/m0/s1. The molecule has 0 heterocycles. The van der Waals surface area contributed by atoms with Crippen molar-refractivity contribution in [3.05, 3.63) is 33.4 Å². The monoisotopic (exact) mass is 362 g/mol. The first-order chi connectivity index (χ1) is 8.47. The number of hydrogen-bond acceptors (Lipinski definition) is 3. The number of hydrogen-bond donors (Lipinski definition) is 1. The van der Waals surface area contributed by atoms with Crippen molar-refractivity contribution in [2.75, 3.05) is 0 Å². The minimum atomic E-state index is -0.784. The van der Waals surface area contributed by atoms with E-state index >= 15 is 0 Å². The molecule has 1 aromatic carbocycles. The van der Waals surface area contributed by atoms with E-state index in [0.717, 1.165) is 9.13 Å². The van der Waals surface area contributed by atoms with Crippen LogP contribution in [0.25, 0.3) is 0 Å². The van der Waals surface area contributed by atoms with Crippen LogP contribution in [0.3, 0.4) is 0 Å². The molecule has 0 saturated carbocycles. The van der Waals surface area contributed by atoms with Crippen LogP contribution in [-0.4, -0.2) is 17.2 Å². The summed E-state index contributed by atoms with van der Waals surface area (Å²) in [5.41, 5.74) is 0.806. The maximum absolute atomic E-state index is 11.4. The van der Waals surface area contributed by atoms with Crippen LogP contribution in [0.4, 0.5) is 0 Å². The summed E-state index contributed by atoms with van der Waals surface area (Å²) < 4.78 is 6.31. The lowest BCUT2D eigenvalue weighted by atomic mass is 9.96. The SMILES string of the molecule is CCC(=O)O[C@@H](C(C)C)[C@@H](O)c1ccccc1I. The van der Waals surface area contributed by atoms with Gasteiger partial charge in [-0.25, -0.2) is 0 Å². The van der Waals surface area contributed by atoms with E-state index in [0.29, 0.717) is 6.42 Å². The zero-order valence-electron chi connectivity index (χ0n) is 10.9. The van der Waals surface area contributed by atoms with Gasteiger partial charge in [0, 0.05) is 9.99 Å². The highest BCUT2D eigenvalue weighted by molar-refractivity contribution is 14.1. The topological polar surface area (TPSA) is 46.5 Å². The van der Waals surface area contributed by atoms with E-state index in [9.17, 15) is 9.90 Å². The van der Waals surface area contributed by atoms with Gasteiger partial charge < -0.3 is 9.84 Å². The predicted octanol–water partition coefficient (Wildman–Crippen LogP) is 3.30. The first-order valence-corrected chi connectivity index (χ1v) is 7.17. The van der Waals surface area contributed by atoms with Crippen molar-refractivity contribution in [2.45, 2.75) is 39.4 Å². The summed E-state index contributed by atoms with van der Waals surface area (Å²) in [7, 11) is 0. The molecule has 1 N–H and O–H groups in total. The molecule has 1 aromatic rings. The molecule has 100 valence electrons. The number of benzene rings is 1. The maximum Gasteiger partial charge on any atom is 0.305 e. The minimum Gasteiger partial charge on any atom is -0.459 e. The van der Waals surface area contributed by atoms with Crippen LogP contribution >= 0.6 is 22.6 Å². The summed E-state index contributed by atoms with van der Waals surface area (Å²) in [4.78, 5) is 11.4. The molecule has 0 amide bonds. The van der Waals surface area contributed by atoms with Gasteiger partial charge in [-0.1, -0.05) is 39.0 Å². The molecule has 0 saturated heterocycles. The number of carbonyl (C=O) groups is 1. The first-order valence-electron chi connectivity index (χ1n) is 6.09. The van der Waals surface area contributed by atoms with Crippen LogP contribution in [0.1, 0.15) is 38.9 Å². The summed E-state index contributed by atoms with van der Waals surface area (Å²) in [6.45, 7) is 5.62. The Morgan fingerprint density at radius 1 is 1.39 bits per heavy atom. The largest absolute Gasteiger partial charge is 0.459 e. The molecule has 4 heteroatoms. The van der Waals surface area contributed by atoms with E-state index in [1.807, 2.05) is 38.1 Å². The zero-order chi connectivity index (χ0) is 13.7. The first kappa shape index (κ1) is 15.4. The second-order valence-electron chi connectivity index (χ2n) is 4.52. The van der Waals surface area contributed by atoms with Gasteiger partial charge in [0.15, 0.2) is 0 Å². The molecule has 0 aliphatic heterocycles. The molecule has 1 rings (SSSR count). The maximum atomic E-state index is 11.4. The lowest BCUT2D eigenvalue weighted by Gasteiger charge is -2.27. The van der Waals surface area contributed by atoms with Gasteiger partial charge in [0.2, 0.25) is 0 Å².